The van der Waals surface area contributed by atoms with Crippen LogP contribution >= 0.6 is 0 Å². The maximum Gasteiger partial charge on any atom is 0.274 e. The fraction of sp³-hybridized carbons (Fsp3) is 0.435. The lowest BCUT2D eigenvalue weighted by molar-refractivity contribution is -0.138. The van der Waals surface area contributed by atoms with Gasteiger partial charge in [0.2, 0.25) is 11.5 Å². The van der Waals surface area contributed by atoms with Gasteiger partial charge in [-0.3, -0.25) is 19.2 Å². The average molecular weight is 477 g/mol. The number of nitrogens with zero attached hydrogens (tertiary/aromatic N) is 5. The minimum absolute atomic E-state index is 0.00507. The Morgan fingerprint density at radius 2 is 2.14 bits per heavy atom. The Kier molecular flexibility index (Phi) is 5.47. The molecule has 3 atom stereocenters. The van der Waals surface area contributed by atoms with Crippen LogP contribution in [0.4, 0.5) is 5.82 Å². The molecule has 3 aliphatic rings. The van der Waals surface area contributed by atoms with E-state index in [1.54, 1.807) is 12.1 Å². The van der Waals surface area contributed by atoms with Crippen molar-refractivity contribution in [2.24, 2.45) is 5.92 Å². The van der Waals surface area contributed by atoms with Crippen LogP contribution < -0.4 is 15.6 Å². The highest BCUT2D eigenvalue weighted by atomic mass is 16.5. The number of likely N-dealkylation sites (tertiary alicyclic amines) is 1. The molecule has 3 amide bonds. The Hall–Kier alpha value is -4.27. The summed E-state index contributed by atoms with van der Waals surface area (Å²) in [5.41, 5.74) is -1.88. The second-order valence-corrected chi connectivity index (χ2v) is 9.13. The van der Waals surface area contributed by atoms with Gasteiger partial charge in [-0.15, -0.1) is 0 Å². The molecule has 12 nitrogen and oxygen atoms in total. The summed E-state index contributed by atoms with van der Waals surface area (Å²) in [6.45, 7) is -0.135. The highest BCUT2D eigenvalue weighted by Gasteiger charge is 2.56. The average Bonchev–Trinajstić information content (AvgIpc) is 3.61. The monoisotopic (exact) mass is 477 g/mol. The number of fused-ring (bicyclic) bond motifs is 1. The molecule has 0 radical (unpaired) electrons. The van der Waals surface area contributed by atoms with E-state index in [1.165, 1.54) is 35.2 Å². The third-order valence-corrected chi connectivity index (χ3v) is 6.70. The Bertz CT molecular complexity index is 1280. The first kappa shape index (κ1) is 22.5. The molecule has 35 heavy (non-hydrogen) atoms. The zero-order valence-electron chi connectivity index (χ0n) is 18.9. The highest BCUT2D eigenvalue weighted by molar-refractivity contribution is 6.01. The van der Waals surface area contributed by atoms with Gasteiger partial charge in [-0.2, -0.15) is 10.4 Å². The lowest BCUT2D eigenvalue weighted by Gasteiger charge is -2.34. The van der Waals surface area contributed by atoms with Crippen molar-refractivity contribution in [1.82, 2.24) is 25.0 Å². The third kappa shape index (κ3) is 4.09. The summed E-state index contributed by atoms with van der Waals surface area (Å²) in [7, 11) is 1.50. The number of amides is 3. The number of hydrogen-bond acceptors (Lipinski definition) is 8. The molecule has 2 N–H and O–H groups in total. The van der Waals surface area contributed by atoms with Crippen molar-refractivity contribution in [3.05, 3.63) is 46.5 Å². The Labute approximate surface area is 199 Å². The number of ether oxygens (including phenoxy) is 1. The minimum atomic E-state index is -1.43. The molecule has 12 heteroatoms. The molecule has 1 aliphatic carbocycles. The van der Waals surface area contributed by atoms with E-state index >= 15 is 0 Å². The molecule has 2 aromatic heterocycles. The van der Waals surface area contributed by atoms with Gasteiger partial charge in [0, 0.05) is 25.7 Å². The van der Waals surface area contributed by atoms with Gasteiger partial charge in [-0.25, -0.2) is 10.1 Å². The Morgan fingerprint density at radius 3 is 2.83 bits per heavy atom. The lowest BCUT2D eigenvalue weighted by atomic mass is 9.97. The largest absolute Gasteiger partial charge is 0.472 e. The van der Waals surface area contributed by atoms with Crippen molar-refractivity contribution in [1.29, 1.82) is 5.26 Å². The van der Waals surface area contributed by atoms with Crippen LogP contribution in [0, 0.1) is 17.2 Å². The van der Waals surface area contributed by atoms with E-state index in [0.29, 0.717) is 12.2 Å². The van der Waals surface area contributed by atoms with Crippen LogP contribution in [0.1, 0.15) is 36.2 Å². The fourth-order valence-electron chi connectivity index (χ4n) is 4.57. The van der Waals surface area contributed by atoms with Gasteiger partial charge in [0.25, 0.3) is 17.4 Å². The van der Waals surface area contributed by atoms with Crippen molar-refractivity contribution in [2.75, 3.05) is 18.9 Å². The van der Waals surface area contributed by atoms with E-state index in [1.807, 2.05) is 0 Å². The first-order valence-corrected chi connectivity index (χ1v) is 11.3. The van der Waals surface area contributed by atoms with E-state index in [9.17, 15) is 24.4 Å². The summed E-state index contributed by atoms with van der Waals surface area (Å²) >= 11 is 0. The topological polar surface area (TPSA) is 161 Å². The smallest absolute Gasteiger partial charge is 0.274 e. The molecule has 5 rings (SSSR count). The molecular weight excluding hydrogens is 454 g/mol. The minimum Gasteiger partial charge on any atom is -0.472 e. The molecule has 1 saturated carbocycles. The second-order valence-electron chi connectivity index (χ2n) is 9.13. The number of aromatic nitrogens is 3. The van der Waals surface area contributed by atoms with Gasteiger partial charge in [0.15, 0.2) is 11.6 Å². The Morgan fingerprint density at radius 1 is 1.34 bits per heavy atom. The first-order chi connectivity index (χ1) is 16.8. The summed E-state index contributed by atoms with van der Waals surface area (Å²) in [6, 6.07) is 6.15. The van der Waals surface area contributed by atoms with Crippen molar-refractivity contribution in [3.63, 3.8) is 0 Å². The first-order valence-electron chi connectivity index (χ1n) is 11.3. The lowest BCUT2D eigenvalue weighted by Crippen LogP contribution is -2.55. The predicted molar refractivity (Wildman–Crippen MR) is 120 cm³/mol. The number of nitrogens with one attached hydrogen (secondary N) is 2. The summed E-state index contributed by atoms with van der Waals surface area (Å²) in [6.07, 6.45) is 3.83. The van der Waals surface area contributed by atoms with Crippen LogP contribution in [0.2, 0.25) is 0 Å². The number of pyridine rings is 1. The molecule has 2 aromatic rings. The number of carbonyl (C=O) groups excluding carboxylic acids is 3. The molecule has 2 fully saturated rings. The number of anilines is 1. The Balaban J connectivity index is 1.41. The van der Waals surface area contributed by atoms with Gasteiger partial charge in [0.1, 0.15) is 17.8 Å². The number of likely N-dealkylation sites (N-methyl/N-ethyl adjacent to an activating group) is 1. The summed E-state index contributed by atoms with van der Waals surface area (Å²) in [5, 5.41) is 18.6. The molecular formula is C23H23N7O5. The fourth-order valence-corrected chi connectivity index (χ4v) is 4.57. The van der Waals surface area contributed by atoms with Crippen LogP contribution in [0.25, 0.3) is 0 Å². The highest BCUT2D eigenvalue weighted by Crippen LogP contribution is 2.40. The molecule has 2 aliphatic heterocycles. The van der Waals surface area contributed by atoms with Gasteiger partial charge < -0.3 is 19.9 Å². The van der Waals surface area contributed by atoms with E-state index in [4.69, 9.17) is 4.74 Å². The molecule has 180 valence electrons. The normalized spacial score (nSPS) is 23.6. The zero-order valence-corrected chi connectivity index (χ0v) is 18.9. The van der Waals surface area contributed by atoms with Crippen LogP contribution in [0.5, 0.6) is 5.75 Å². The number of carbonyl (C=O) groups is 3. The molecule has 0 unspecified atom stereocenters. The van der Waals surface area contributed by atoms with Crippen LogP contribution in [-0.2, 0) is 9.59 Å². The van der Waals surface area contributed by atoms with Gasteiger partial charge in [0.05, 0.1) is 12.6 Å². The van der Waals surface area contributed by atoms with Gasteiger partial charge >= 0.3 is 0 Å². The van der Waals surface area contributed by atoms with Gasteiger partial charge in [-0.05, 0) is 30.5 Å². The SMILES string of the molecule is CN(C(=O)c1ccc(=O)[nH]n1)[C@@H](CC1CC1)C(=O)N1C[C@@]2(C[C@H]1C#N)Oc1cccnc1NC2=O. The number of nitriles is 1. The van der Waals surface area contributed by atoms with Crippen LogP contribution in [0.15, 0.2) is 35.3 Å². The van der Waals surface area contributed by atoms with E-state index in [2.05, 4.69) is 26.6 Å². The van der Waals surface area contributed by atoms with E-state index < -0.39 is 41.0 Å². The maximum absolute atomic E-state index is 13.8. The second kappa shape index (κ2) is 8.50. The third-order valence-electron chi connectivity index (χ3n) is 6.70. The number of rotatable bonds is 5. The predicted octanol–water partition coefficient (Wildman–Crippen LogP) is 0.300. The van der Waals surface area contributed by atoms with Crippen molar-refractivity contribution in [3.8, 4) is 11.8 Å². The molecule has 4 heterocycles. The summed E-state index contributed by atoms with van der Waals surface area (Å²) in [4.78, 5) is 57.9. The zero-order chi connectivity index (χ0) is 24.7. The number of aromatic amines is 1. The standard InChI is InChI=1S/C23H23N7O5/c1-29(20(32)15-6-7-18(31)28-27-15)16(9-13-4-5-13)21(33)30-12-23(10-14(30)11-24)22(34)26-19-17(35-23)3-2-8-25-19/h2-3,6-8,13-14,16H,4-5,9-10,12H2,1H3,(H,28,31)(H,25,26,34)/t14-,16-,23+/m0/s1. The van der Waals surface area contributed by atoms with Crippen LogP contribution in [-0.4, -0.2) is 74.0 Å². The molecule has 1 saturated heterocycles. The quantitative estimate of drug-likeness (QED) is 0.621. The van der Waals surface area contributed by atoms with Crippen molar-refractivity contribution < 1.29 is 19.1 Å². The number of hydrogen-bond donors (Lipinski definition) is 2. The number of H-pyrrole nitrogens is 1. The van der Waals surface area contributed by atoms with Crippen LogP contribution in [0.3, 0.4) is 0 Å². The maximum atomic E-state index is 13.8. The molecule has 0 aromatic carbocycles. The van der Waals surface area contributed by atoms with Gasteiger partial charge in [-0.1, -0.05) is 12.8 Å². The molecule has 0 bridgehead atoms. The summed E-state index contributed by atoms with van der Waals surface area (Å²) < 4.78 is 6.02. The van der Waals surface area contributed by atoms with Crippen molar-refractivity contribution in [2.45, 2.75) is 43.4 Å². The summed E-state index contributed by atoms with van der Waals surface area (Å²) in [5.74, 6) is -0.508. The van der Waals surface area contributed by atoms with E-state index in [0.717, 1.165) is 12.8 Å². The van der Waals surface area contributed by atoms with E-state index in [-0.39, 0.29) is 30.4 Å². The molecule has 1 spiro atoms. The van der Waals surface area contributed by atoms with Crippen molar-refractivity contribution >= 4 is 23.5 Å².